The van der Waals surface area contributed by atoms with Gasteiger partial charge in [-0.2, -0.15) is 5.10 Å². The third kappa shape index (κ3) is 4.08. The zero-order valence-electron chi connectivity index (χ0n) is 10.6. The summed E-state index contributed by atoms with van der Waals surface area (Å²) in [5, 5.41) is 11.5. The number of aromatic nitrogens is 2. The number of methoxy groups -OCH3 is 1. The van der Waals surface area contributed by atoms with Crippen molar-refractivity contribution >= 4 is 51.9 Å². The van der Waals surface area contributed by atoms with E-state index >= 15 is 0 Å². The van der Waals surface area contributed by atoms with Crippen LogP contribution < -0.4 is 10.6 Å². The first kappa shape index (κ1) is 15.1. The van der Waals surface area contributed by atoms with E-state index < -0.39 is 0 Å². The fourth-order valence-corrected chi connectivity index (χ4v) is 2.03. The van der Waals surface area contributed by atoms with E-state index in [1.807, 2.05) is 0 Å². The summed E-state index contributed by atoms with van der Waals surface area (Å²) in [5.41, 5.74) is 1.51. The maximum Gasteiger partial charge on any atom is 0.175 e. The van der Waals surface area contributed by atoms with Gasteiger partial charge in [-0.3, -0.25) is 0 Å². The molecule has 0 amide bonds. The molecule has 2 rings (SSSR count). The Morgan fingerprint density at radius 3 is 2.75 bits per heavy atom. The van der Waals surface area contributed by atoms with Gasteiger partial charge in [-0.05, 0) is 30.4 Å². The molecule has 106 valence electrons. The fraction of sp³-hybridized carbons (Fsp3) is 0.167. The molecule has 8 heteroatoms. The average Bonchev–Trinajstić information content (AvgIpc) is 2.81. The van der Waals surface area contributed by atoms with E-state index in [9.17, 15) is 0 Å². The molecule has 0 aliphatic carbocycles. The molecule has 2 aromatic rings. The molecule has 0 radical (unpaired) electrons. The van der Waals surface area contributed by atoms with Crippen LogP contribution in [0.3, 0.4) is 0 Å². The molecular formula is C12H12Cl2N4OS. The molecular weight excluding hydrogens is 319 g/mol. The van der Waals surface area contributed by atoms with Crippen LogP contribution in [0.1, 0.15) is 0 Å². The van der Waals surface area contributed by atoms with Crippen molar-refractivity contribution in [3.63, 3.8) is 0 Å². The Morgan fingerprint density at radius 1 is 1.30 bits per heavy atom. The number of hydrogen-bond acceptors (Lipinski definition) is 3. The molecule has 20 heavy (non-hydrogen) atoms. The monoisotopic (exact) mass is 330 g/mol. The van der Waals surface area contributed by atoms with Gasteiger partial charge < -0.3 is 15.4 Å². The number of hydrogen-bond donors (Lipinski definition) is 2. The van der Waals surface area contributed by atoms with Gasteiger partial charge in [-0.25, -0.2) is 4.68 Å². The standard InChI is InChI=1S/C12H12Cl2N4OS/c1-19-7-18-6-9(5-15-18)17-12(20)16-8-2-3-10(13)11(14)4-8/h2-6H,7H2,1H3,(H2,16,17,20). The lowest BCUT2D eigenvalue weighted by Gasteiger charge is -2.09. The summed E-state index contributed by atoms with van der Waals surface area (Å²) in [6, 6.07) is 5.19. The second-order valence-electron chi connectivity index (χ2n) is 3.89. The van der Waals surface area contributed by atoms with E-state index in [0.29, 0.717) is 21.9 Å². The van der Waals surface area contributed by atoms with Crippen molar-refractivity contribution in [2.45, 2.75) is 6.73 Å². The number of rotatable bonds is 4. The molecule has 5 nitrogen and oxygen atoms in total. The minimum Gasteiger partial charge on any atom is -0.362 e. The van der Waals surface area contributed by atoms with Crippen molar-refractivity contribution < 1.29 is 4.74 Å². The molecule has 1 aromatic carbocycles. The Kier molecular flexibility index (Phi) is 5.19. The van der Waals surface area contributed by atoms with Gasteiger partial charge in [0.1, 0.15) is 6.73 Å². The molecule has 0 bridgehead atoms. The van der Waals surface area contributed by atoms with Crippen molar-refractivity contribution in [2.24, 2.45) is 0 Å². The van der Waals surface area contributed by atoms with Crippen LogP contribution in [-0.2, 0) is 11.5 Å². The van der Waals surface area contributed by atoms with Gasteiger partial charge in [0.15, 0.2) is 5.11 Å². The van der Waals surface area contributed by atoms with Crippen LogP contribution in [0.25, 0.3) is 0 Å². The Bertz CT molecular complexity index is 617. The van der Waals surface area contributed by atoms with Gasteiger partial charge in [-0.1, -0.05) is 23.2 Å². The lowest BCUT2D eigenvalue weighted by molar-refractivity contribution is 0.120. The number of nitrogens with zero attached hydrogens (tertiary/aromatic N) is 2. The molecule has 0 fully saturated rings. The first-order valence-corrected chi connectivity index (χ1v) is 6.79. The molecule has 2 N–H and O–H groups in total. The number of ether oxygens (including phenoxy) is 1. The van der Waals surface area contributed by atoms with Crippen molar-refractivity contribution in [2.75, 3.05) is 17.7 Å². The van der Waals surface area contributed by atoms with Crippen molar-refractivity contribution in [1.29, 1.82) is 0 Å². The summed E-state index contributed by atoms with van der Waals surface area (Å²) in [6.07, 6.45) is 3.44. The topological polar surface area (TPSA) is 51.1 Å². The lowest BCUT2D eigenvalue weighted by atomic mass is 10.3. The number of anilines is 2. The van der Waals surface area contributed by atoms with Crippen LogP contribution in [0.4, 0.5) is 11.4 Å². The molecule has 0 spiro atoms. The molecule has 0 aliphatic heterocycles. The summed E-state index contributed by atoms with van der Waals surface area (Å²) < 4.78 is 6.61. The van der Waals surface area contributed by atoms with Crippen molar-refractivity contribution in [3.05, 3.63) is 40.6 Å². The fourth-order valence-electron chi connectivity index (χ4n) is 1.50. The van der Waals surface area contributed by atoms with Crippen molar-refractivity contribution in [3.8, 4) is 0 Å². The third-order valence-corrected chi connectivity index (χ3v) is 3.27. The predicted octanol–water partition coefficient (Wildman–Crippen LogP) is 3.60. The van der Waals surface area contributed by atoms with Crippen LogP contribution >= 0.6 is 35.4 Å². The summed E-state index contributed by atoms with van der Waals surface area (Å²) >= 11 is 17.0. The molecule has 0 saturated carbocycles. The van der Waals surface area contributed by atoms with Gasteiger partial charge >= 0.3 is 0 Å². The average molecular weight is 331 g/mol. The predicted molar refractivity (Wildman–Crippen MR) is 85.5 cm³/mol. The molecule has 0 aliphatic rings. The van der Waals surface area contributed by atoms with E-state index in [2.05, 4.69) is 15.7 Å². The van der Waals surface area contributed by atoms with Crippen LogP contribution in [0.2, 0.25) is 10.0 Å². The maximum atomic E-state index is 5.93. The summed E-state index contributed by atoms with van der Waals surface area (Å²) in [6.45, 7) is 0.384. The van der Waals surface area contributed by atoms with E-state index in [1.165, 1.54) is 0 Å². The lowest BCUT2D eigenvalue weighted by Crippen LogP contribution is -2.18. The Hall–Kier alpha value is -1.34. The SMILES string of the molecule is COCn1cc(NC(=S)Nc2ccc(Cl)c(Cl)c2)cn1. The smallest absolute Gasteiger partial charge is 0.175 e. The normalized spacial score (nSPS) is 10.3. The number of nitrogens with one attached hydrogen (secondary N) is 2. The quantitative estimate of drug-likeness (QED) is 0.839. The summed E-state index contributed by atoms with van der Waals surface area (Å²) in [7, 11) is 1.60. The van der Waals surface area contributed by atoms with Gasteiger partial charge in [0.25, 0.3) is 0 Å². The van der Waals surface area contributed by atoms with Gasteiger partial charge in [0, 0.05) is 12.8 Å². The van der Waals surface area contributed by atoms with E-state index in [-0.39, 0.29) is 0 Å². The summed E-state index contributed by atoms with van der Waals surface area (Å²) in [4.78, 5) is 0. The number of halogens is 2. The Balaban J connectivity index is 1.95. The highest BCUT2D eigenvalue weighted by Crippen LogP contribution is 2.25. The van der Waals surface area contributed by atoms with Crippen LogP contribution in [0, 0.1) is 0 Å². The number of benzene rings is 1. The third-order valence-electron chi connectivity index (χ3n) is 2.33. The van der Waals surface area contributed by atoms with Gasteiger partial charge in [0.2, 0.25) is 0 Å². The molecule has 1 heterocycles. The van der Waals surface area contributed by atoms with E-state index in [0.717, 1.165) is 11.4 Å². The molecule has 1 aromatic heterocycles. The number of thiocarbonyl (C=S) groups is 1. The Morgan fingerprint density at radius 2 is 2.05 bits per heavy atom. The van der Waals surface area contributed by atoms with Gasteiger partial charge in [0.05, 0.1) is 28.1 Å². The van der Waals surface area contributed by atoms with Crippen LogP contribution in [0.15, 0.2) is 30.6 Å². The second kappa shape index (κ2) is 6.90. The zero-order chi connectivity index (χ0) is 14.5. The highest BCUT2D eigenvalue weighted by molar-refractivity contribution is 7.80. The minimum absolute atomic E-state index is 0.384. The van der Waals surface area contributed by atoms with Crippen molar-refractivity contribution in [1.82, 2.24) is 9.78 Å². The molecule has 0 atom stereocenters. The highest BCUT2D eigenvalue weighted by Gasteiger charge is 2.04. The Labute approximate surface area is 131 Å². The minimum atomic E-state index is 0.384. The van der Waals surface area contributed by atoms with Crippen LogP contribution in [0.5, 0.6) is 0 Å². The molecule has 0 unspecified atom stereocenters. The first-order valence-electron chi connectivity index (χ1n) is 5.63. The maximum absolute atomic E-state index is 5.93. The van der Waals surface area contributed by atoms with E-state index in [1.54, 1.807) is 42.4 Å². The summed E-state index contributed by atoms with van der Waals surface area (Å²) in [5.74, 6) is 0. The highest BCUT2D eigenvalue weighted by atomic mass is 35.5. The first-order chi connectivity index (χ1) is 9.58. The van der Waals surface area contributed by atoms with Gasteiger partial charge in [-0.15, -0.1) is 0 Å². The van der Waals surface area contributed by atoms with Crippen LogP contribution in [-0.4, -0.2) is 22.0 Å². The van der Waals surface area contributed by atoms with E-state index in [4.69, 9.17) is 40.2 Å². The largest absolute Gasteiger partial charge is 0.362 e. The second-order valence-corrected chi connectivity index (χ2v) is 5.12. The zero-order valence-corrected chi connectivity index (χ0v) is 12.9. The molecule has 0 saturated heterocycles.